The Morgan fingerprint density at radius 1 is 1.04 bits per heavy atom. The van der Waals surface area contributed by atoms with Crippen LogP contribution >= 0.6 is 11.6 Å². The van der Waals surface area contributed by atoms with E-state index in [0.717, 1.165) is 56.6 Å². The lowest BCUT2D eigenvalue weighted by molar-refractivity contribution is -0.640. The number of hydrogen-bond donors (Lipinski definition) is 2. The van der Waals surface area contributed by atoms with Gasteiger partial charge in [0.2, 0.25) is 17.5 Å². The summed E-state index contributed by atoms with van der Waals surface area (Å²) in [5.74, 6) is -1.64. The van der Waals surface area contributed by atoms with Crippen molar-refractivity contribution in [1.29, 1.82) is 0 Å². The van der Waals surface area contributed by atoms with E-state index in [2.05, 4.69) is 56.9 Å². The van der Waals surface area contributed by atoms with Crippen molar-refractivity contribution in [3.63, 3.8) is 0 Å². The zero-order chi connectivity index (χ0) is 33.1. The predicted molar refractivity (Wildman–Crippen MR) is 162 cm³/mol. The van der Waals surface area contributed by atoms with Crippen LogP contribution in [0.25, 0.3) is 0 Å². The summed E-state index contributed by atoms with van der Waals surface area (Å²) < 4.78 is 31.5. The number of aliphatic carboxylic acids is 1. The second-order valence-electron chi connectivity index (χ2n) is 13.3. The van der Waals surface area contributed by atoms with Crippen LogP contribution in [0.4, 0.5) is 13.2 Å². The fourth-order valence-electron chi connectivity index (χ4n) is 8.52. The van der Waals surface area contributed by atoms with E-state index in [1.54, 1.807) is 6.92 Å². The van der Waals surface area contributed by atoms with Crippen LogP contribution in [0.15, 0.2) is 42.5 Å². The van der Waals surface area contributed by atoms with Gasteiger partial charge in [-0.2, -0.15) is 18.2 Å². The number of halogens is 4. The number of benzene rings is 1. The summed E-state index contributed by atoms with van der Waals surface area (Å²) in [6.07, 6.45) is 5.00. The van der Waals surface area contributed by atoms with Crippen molar-refractivity contribution in [2.45, 2.75) is 94.3 Å². The van der Waals surface area contributed by atoms with E-state index in [4.69, 9.17) is 21.5 Å². The van der Waals surface area contributed by atoms with E-state index >= 15 is 0 Å². The highest BCUT2D eigenvalue weighted by Gasteiger charge is 2.58. The second kappa shape index (κ2) is 14.3. The van der Waals surface area contributed by atoms with Gasteiger partial charge in [-0.15, -0.1) is 0 Å². The molecule has 2 unspecified atom stereocenters. The van der Waals surface area contributed by atoms with Gasteiger partial charge in [-0.3, -0.25) is 9.59 Å². The summed E-state index contributed by atoms with van der Waals surface area (Å²) in [5, 5.41) is 14.8. The Labute approximate surface area is 272 Å². The van der Waals surface area contributed by atoms with E-state index in [9.17, 15) is 22.8 Å². The van der Waals surface area contributed by atoms with Crippen molar-refractivity contribution in [3.8, 4) is 0 Å². The number of pyridine rings is 1. The summed E-state index contributed by atoms with van der Waals surface area (Å²) >= 11 is 6.41. The molecule has 0 radical (unpaired) electrons. The number of piperidine rings is 1. The molecule has 8 nitrogen and oxygen atoms in total. The zero-order valence-electron chi connectivity index (χ0n) is 26.1. The highest BCUT2D eigenvalue weighted by Crippen LogP contribution is 2.48. The summed E-state index contributed by atoms with van der Waals surface area (Å²) in [6.45, 7) is 4.13. The molecule has 250 valence electrons. The van der Waals surface area contributed by atoms with Gasteiger partial charge in [-0.1, -0.05) is 49.6 Å². The number of fused-ring (bicyclic) bond motifs is 2. The maximum atomic E-state index is 14.7. The van der Waals surface area contributed by atoms with Gasteiger partial charge < -0.3 is 25.4 Å². The average Bonchev–Trinajstić information content (AvgIpc) is 3.46. The number of carbonyl (C=O) groups excluding carboxylic acids is 3. The number of H-pyrrole nitrogens is 1. The topological polar surface area (TPSA) is 120 Å². The molecule has 12 heteroatoms. The molecule has 6 rings (SSSR count). The molecule has 4 aliphatic rings. The fourth-order valence-corrected chi connectivity index (χ4v) is 8.68. The van der Waals surface area contributed by atoms with Crippen molar-refractivity contribution in [3.05, 3.63) is 64.4 Å². The van der Waals surface area contributed by atoms with E-state index in [0.29, 0.717) is 28.9 Å². The molecule has 0 bridgehead atoms. The predicted octanol–water partition coefficient (Wildman–Crippen LogP) is 3.21. The minimum Gasteiger partial charge on any atom is -0.542 e. The summed E-state index contributed by atoms with van der Waals surface area (Å²) in [5.41, 5.74) is 3.32. The summed E-state index contributed by atoms with van der Waals surface area (Å²) in [7, 11) is 0. The van der Waals surface area contributed by atoms with Gasteiger partial charge in [0.1, 0.15) is 17.9 Å². The number of quaternary nitrogens is 1. The minimum absolute atomic E-state index is 0.0440. The molecule has 1 saturated carbocycles. The number of nitrogens with zero attached hydrogens (tertiary/aromatic N) is 1. The van der Waals surface area contributed by atoms with Gasteiger partial charge in [0, 0.05) is 31.1 Å². The zero-order valence-corrected chi connectivity index (χ0v) is 26.8. The Morgan fingerprint density at radius 2 is 1.74 bits per heavy atom. The monoisotopic (exact) mass is 663 g/mol. The Balaban J connectivity index is 0.000000537. The number of carbonyl (C=O) groups is 3. The maximum Gasteiger partial charge on any atom is 0.430 e. The lowest BCUT2D eigenvalue weighted by Gasteiger charge is -2.47. The first-order valence-electron chi connectivity index (χ1n) is 16.3. The molecule has 2 aliphatic carbocycles. The number of rotatable bonds is 4. The number of nitrogens with one attached hydrogen (secondary N) is 2. The first-order chi connectivity index (χ1) is 21.9. The Bertz CT molecular complexity index is 1400. The van der Waals surface area contributed by atoms with E-state index in [-0.39, 0.29) is 23.3 Å². The standard InChI is InChI=1S/C32H41ClN4O2.C2HF3O2/c1-21(38)35-27-14-16-32(25-12-13-29(33)36-30(25)27)20-34-19-26(32)31(39)37-17-15-24(22-8-4-2-5-9-22)18-28(37)23-10-6-3-7-11-23;3-2(4,5)1(6)7/h2,4-5,8-9,12-13,23-24,26-28,34H,3,6-7,10-11,14-20H2,1H3,(H,35,38);(H,6,7)/p+1/t24-,26?,27?,28+,32+;/m1./s1. The van der Waals surface area contributed by atoms with Gasteiger partial charge in [-0.25, -0.2) is 0 Å². The van der Waals surface area contributed by atoms with Crippen molar-refractivity contribution < 1.29 is 43.0 Å². The molecule has 2 aliphatic heterocycles. The molecule has 2 aromatic rings. The van der Waals surface area contributed by atoms with Crippen LogP contribution in [0.1, 0.15) is 93.5 Å². The molecule has 3 fully saturated rings. The van der Waals surface area contributed by atoms with Crippen molar-refractivity contribution in [2.24, 2.45) is 11.8 Å². The number of carboxylic acids is 1. The van der Waals surface area contributed by atoms with Gasteiger partial charge in [0.25, 0.3) is 5.15 Å². The molecular formula is C34H43ClF3N4O4+. The lowest BCUT2D eigenvalue weighted by atomic mass is 9.63. The molecule has 1 aromatic heterocycles. The highest BCUT2D eigenvalue weighted by molar-refractivity contribution is 6.28. The van der Waals surface area contributed by atoms with E-state index in [1.807, 2.05) is 6.07 Å². The Hall–Kier alpha value is -3.18. The summed E-state index contributed by atoms with van der Waals surface area (Å²) in [6, 6.07) is 15.2. The molecule has 46 heavy (non-hydrogen) atoms. The quantitative estimate of drug-likeness (QED) is 0.489. The number of nitrogens with two attached hydrogens (primary N) is 1. The van der Waals surface area contributed by atoms with Crippen molar-refractivity contribution in [2.75, 3.05) is 19.6 Å². The van der Waals surface area contributed by atoms with E-state index in [1.165, 1.54) is 37.7 Å². The fraction of sp³-hybridized carbons (Fsp3) is 0.588. The molecule has 1 aromatic carbocycles. The molecule has 1 spiro atoms. The number of alkyl halides is 3. The Kier molecular flexibility index (Phi) is 10.6. The first kappa shape index (κ1) is 34.2. The van der Waals surface area contributed by atoms with Crippen LogP contribution in [0, 0.1) is 11.8 Å². The van der Waals surface area contributed by atoms with E-state index < -0.39 is 12.1 Å². The molecule has 3 heterocycles. The SMILES string of the molecule is CC(=O)NC1CC[C@]2(C[NH2+]CC2C(=O)N2CC[C@@H](c3ccccc3)C[C@H]2C2CCCCC2)c2ccc(Cl)[nH+]c21.O=C([O-])C(F)(F)F. The van der Waals surface area contributed by atoms with Crippen molar-refractivity contribution in [1.82, 2.24) is 10.2 Å². The smallest absolute Gasteiger partial charge is 0.430 e. The number of aromatic nitrogens is 1. The normalized spacial score (nSPS) is 28.2. The number of likely N-dealkylation sites (tertiary alicyclic amines) is 1. The average molecular weight is 664 g/mol. The van der Waals surface area contributed by atoms with Gasteiger partial charge >= 0.3 is 6.18 Å². The van der Waals surface area contributed by atoms with Crippen molar-refractivity contribution >= 4 is 29.4 Å². The van der Waals surface area contributed by atoms with Gasteiger partial charge in [0.15, 0.2) is 0 Å². The maximum absolute atomic E-state index is 14.7. The second-order valence-corrected chi connectivity index (χ2v) is 13.7. The largest absolute Gasteiger partial charge is 0.542 e. The van der Waals surface area contributed by atoms with Gasteiger partial charge in [0.05, 0.1) is 18.5 Å². The lowest BCUT2D eigenvalue weighted by Crippen LogP contribution is -2.82. The number of aromatic amines is 1. The number of hydrogen-bond acceptors (Lipinski definition) is 4. The third-order valence-electron chi connectivity index (χ3n) is 10.6. The molecule has 5 atom stereocenters. The van der Waals surface area contributed by atoms with Crippen LogP contribution in [-0.2, 0) is 19.8 Å². The minimum atomic E-state index is -5.19. The molecule has 2 amide bonds. The third-order valence-corrected chi connectivity index (χ3v) is 10.8. The Morgan fingerprint density at radius 3 is 2.39 bits per heavy atom. The molecule has 4 N–H and O–H groups in total. The van der Waals surface area contributed by atoms with Crippen LogP contribution < -0.4 is 20.7 Å². The van der Waals surface area contributed by atoms with Crippen LogP contribution in [0.5, 0.6) is 0 Å². The number of carboxylic acid groups (broad SMARTS) is 1. The van der Waals surface area contributed by atoms with Crippen LogP contribution in [0.2, 0.25) is 5.15 Å². The van der Waals surface area contributed by atoms with Crippen LogP contribution in [0.3, 0.4) is 0 Å². The third kappa shape index (κ3) is 7.35. The summed E-state index contributed by atoms with van der Waals surface area (Å²) in [4.78, 5) is 41.2. The molecular weight excluding hydrogens is 621 g/mol. The molecule has 2 saturated heterocycles. The first-order valence-corrected chi connectivity index (χ1v) is 16.7. The highest BCUT2D eigenvalue weighted by atomic mass is 35.5. The van der Waals surface area contributed by atoms with Gasteiger partial charge in [-0.05, 0) is 73.6 Å². The number of amides is 2. The van der Waals surface area contributed by atoms with Crippen LogP contribution in [-0.4, -0.2) is 54.5 Å².